The first-order chi connectivity index (χ1) is 12.0. The molecule has 0 unspecified atom stereocenters. The van der Waals surface area contributed by atoms with Crippen LogP contribution in [0.2, 0.25) is 0 Å². The molecule has 1 aliphatic heterocycles. The molecule has 142 valence electrons. The Morgan fingerprint density at radius 3 is 2.35 bits per heavy atom. The number of nitrogens with zero attached hydrogens (tertiary/aromatic N) is 1. The predicted octanol–water partition coefficient (Wildman–Crippen LogP) is 1.76. The maximum absolute atomic E-state index is 12.3. The molecule has 1 aromatic rings. The molecule has 3 amide bonds. The third kappa shape index (κ3) is 4.15. The van der Waals surface area contributed by atoms with E-state index in [9.17, 15) is 19.5 Å². The van der Waals surface area contributed by atoms with Crippen LogP contribution in [-0.4, -0.2) is 46.5 Å². The fraction of sp³-hybridized carbons (Fsp3) is 0.526. The highest BCUT2D eigenvalue weighted by Crippen LogP contribution is 2.30. The van der Waals surface area contributed by atoms with E-state index in [1.807, 2.05) is 18.2 Å². The van der Waals surface area contributed by atoms with E-state index in [-0.39, 0.29) is 12.6 Å². The van der Waals surface area contributed by atoms with Crippen molar-refractivity contribution >= 4 is 17.9 Å². The van der Waals surface area contributed by atoms with Crippen LogP contribution in [0.15, 0.2) is 24.3 Å². The highest BCUT2D eigenvalue weighted by Gasteiger charge is 2.44. The second-order valence-corrected chi connectivity index (χ2v) is 7.70. The van der Waals surface area contributed by atoms with Gasteiger partial charge in [-0.25, -0.2) is 4.79 Å². The zero-order valence-corrected chi connectivity index (χ0v) is 15.8. The minimum Gasteiger partial charge on any atom is -0.481 e. The molecule has 26 heavy (non-hydrogen) atoms. The Morgan fingerprint density at radius 2 is 1.73 bits per heavy atom. The number of carboxylic acid groups (broad SMARTS) is 1. The fourth-order valence-corrected chi connectivity index (χ4v) is 2.75. The molecule has 0 atom stereocenters. The van der Waals surface area contributed by atoms with Gasteiger partial charge in [0.2, 0.25) is 5.91 Å². The molecule has 3 N–H and O–H groups in total. The molecule has 0 bridgehead atoms. The summed E-state index contributed by atoms with van der Waals surface area (Å²) < 4.78 is 0. The molecule has 1 aromatic carbocycles. The number of carboxylic acids is 1. The first-order valence-electron chi connectivity index (χ1n) is 8.68. The van der Waals surface area contributed by atoms with Crippen LogP contribution in [-0.2, 0) is 22.6 Å². The van der Waals surface area contributed by atoms with Gasteiger partial charge in [-0.05, 0) is 45.2 Å². The average molecular weight is 361 g/mol. The van der Waals surface area contributed by atoms with E-state index in [1.54, 1.807) is 32.6 Å². The molecule has 0 fully saturated rings. The highest BCUT2D eigenvalue weighted by atomic mass is 16.4. The number of benzene rings is 1. The number of fused-ring (bicyclic) bond motifs is 1. The molecule has 7 nitrogen and oxygen atoms in total. The van der Waals surface area contributed by atoms with Gasteiger partial charge in [-0.1, -0.05) is 24.3 Å². The molecule has 0 aliphatic carbocycles. The zero-order chi connectivity index (χ0) is 19.5. The van der Waals surface area contributed by atoms with E-state index in [2.05, 4.69) is 16.7 Å². The van der Waals surface area contributed by atoms with Crippen molar-refractivity contribution in [3.8, 4) is 0 Å². The molecule has 2 rings (SSSR count). The average Bonchev–Trinajstić information content (AvgIpc) is 2.58. The van der Waals surface area contributed by atoms with E-state index in [1.165, 1.54) is 5.56 Å². The number of nitrogens with one attached hydrogen (secondary N) is 2. The van der Waals surface area contributed by atoms with Crippen molar-refractivity contribution < 1.29 is 19.5 Å². The third-order valence-electron chi connectivity index (χ3n) is 5.37. The molecule has 7 heteroatoms. The Morgan fingerprint density at radius 1 is 1.12 bits per heavy atom. The minimum atomic E-state index is -1.15. The SMILES string of the molecule is CC(C)(NC(=O)CNC(=O)N1CCc2ccccc2C1)C(C)(C)C(=O)O. The number of carbonyl (C=O) groups is 3. The fourth-order valence-electron chi connectivity index (χ4n) is 2.75. The van der Waals surface area contributed by atoms with E-state index >= 15 is 0 Å². The van der Waals surface area contributed by atoms with Crippen molar-refractivity contribution in [3.63, 3.8) is 0 Å². The standard InChI is InChI=1S/C19H27N3O4/c1-18(2,16(24)25)19(3,4)21-15(23)11-20-17(26)22-10-9-13-7-5-6-8-14(13)12-22/h5-8H,9-12H2,1-4H3,(H,20,26)(H,21,23)(H,24,25). The van der Waals surface area contributed by atoms with Gasteiger partial charge in [0.1, 0.15) is 0 Å². The Hall–Kier alpha value is -2.57. The number of hydrogen-bond donors (Lipinski definition) is 3. The summed E-state index contributed by atoms with van der Waals surface area (Å²) in [6.45, 7) is 7.34. The van der Waals surface area contributed by atoms with Gasteiger partial charge < -0.3 is 20.6 Å². The normalized spacial score (nSPS) is 14.4. The topological polar surface area (TPSA) is 98.7 Å². The molecule has 1 heterocycles. The van der Waals surface area contributed by atoms with Gasteiger partial charge in [0.05, 0.1) is 17.5 Å². The number of urea groups is 1. The molecular weight excluding hydrogens is 334 g/mol. The van der Waals surface area contributed by atoms with Crippen molar-refractivity contribution in [1.82, 2.24) is 15.5 Å². The molecule has 1 aliphatic rings. The number of aliphatic carboxylic acids is 1. The predicted molar refractivity (Wildman–Crippen MR) is 97.6 cm³/mol. The molecule has 0 aromatic heterocycles. The second-order valence-electron chi connectivity index (χ2n) is 7.70. The number of carbonyl (C=O) groups excluding carboxylic acids is 2. The lowest BCUT2D eigenvalue weighted by molar-refractivity contribution is -0.151. The maximum atomic E-state index is 12.3. The monoisotopic (exact) mass is 361 g/mol. The zero-order valence-electron chi connectivity index (χ0n) is 15.8. The van der Waals surface area contributed by atoms with Gasteiger partial charge in [-0.15, -0.1) is 0 Å². The van der Waals surface area contributed by atoms with Gasteiger partial charge in [-0.2, -0.15) is 0 Å². The Balaban J connectivity index is 1.88. The highest BCUT2D eigenvalue weighted by molar-refractivity contribution is 5.85. The van der Waals surface area contributed by atoms with E-state index in [0.29, 0.717) is 13.1 Å². The molecule has 0 radical (unpaired) electrons. The van der Waals surface area contributed by atoms with E-state index in [0.717, 1.165) is 12.0 Å². The number of amides is 3. The molecule has 0 saturated heterocycles. The minimum absolute atomic E-state index is 0.198. The van der Waals surface area contributed by atoms with Crippen LogP contribution in [0.4, 0.5) is 4.79 Å². The van der Waals surface area contributed by atoms with Crippen LogP contribution in [0.3, 0.4) is 0 Å². The van der Waals surface area contributed by atoms with E-state index in [4.69, 9.17) is 0 Å². The second kappa shape index (κ2) is 7.35. The van der Waals surface area contributed by atoms with Crippen LogP contribution in [0.5, 0.6) is 0 Å². The number of rotatable bonds is 5. The van der Waals surface area contributed by atoms with Crippen LogP contribution < -0.4 is 10.6 Å². The summed E-state index contributed by atoms with van der Waals surface area (Å²) in [6.07, 6.45) is 0.787. The lowest BCUT2D eigenvalue weighted by Crippen LogP contribution is -2.58. The lowest BCUT2D eigenvalue weighted by atomic mass is 9.74. The van der Waals surface area contributed by atoms with Gasteiger partial charge in [0.15, 0.2) is 0 Å². The molecule has 0 spiro atoms. The summed E-state index contributed by atoms with van der Waals surface area (Å²) in [6, 6.07) is 7.69. The van der Waals surface area contributed by atoms with Crippen LogP contribution in [0.1, 0.15) is 38.8 Å². The number of hydrogen-bond acceptors (Lipinski definition) is 3. The summed E-state index contributed by atoms with van der Waals surface area (Å²) in [4.78, 5) is 37.6. The van der Waals surface area contributed by atoms with Gasteiger partial charge in [0, 0.05) is 13.1 Å². The van der Waals surface area contributed by atoms with E-state index < -0.39 is 22.8 Å². The van der Waals surface area contributed by atoms with Crippen molar-refractivity contribution in [3.05, 3.63) is 35.4 Å². The van der Waals surface area contributed by atoms with Crippen molar-refractivity contribution in [2.24, 2.45) is 5.41 Å². The molecule has 0 saturated carbocycles. The van der Waals surface area contributed by atoms with Crippen LogP contribution in [0, 0.1) is 5.41 Å². The van der Waals surface area contributed by atoms with Crippen LogP contribution in [0.25, 0.3) is 0 Å². The van der Waals surface area contributed by atoms with Gasteiger partial charge >= 0.3 is 12.0 Å². The summed E-state index contributed by atoms with van der Waals surface area (Å²) in [5, 5.41) is 14.6. The summed E-state index contributed by atoms with van der Waals surface area (Å²) in [7, 11) is 0. The maximum Gasteiger partial charge on any atom is 0.318 e. The summed E-state index contributed by atoms with van der Waals surface area (Å²) in [5.41, 5.74) is 0.239. The van der Waals surface area contributed by atoms with Crippen molar-refractivity contribution in [2.45, 2.75) is 46.2 Å². The van der Waals surface area contributed by atoms with Gasteiger partial charge in [-0.3, -0.25) is 9.59 Å². The largest absolute Gasteiger partial charge is 0.481 e. The Bertz CT molecular complexity index is 712. The summed E-state index contributed by atoms with van der Waals surface area (Å²) >= 11 is 0. The smallest absolute Gasteiger partial charge is 0.318 e. The first kappa shape index (κ1) is 19.8. The van der Waals surface area contributed by atoms with Crippen molar-refractivity contribution in [1.29, 1.82) is 0 Å². The molecular formula is C19H27N3O4. The van der Waals surface area contributed by atoms with Crippen LogP contribution >= 0.6 is 0 Å². The first-order valence-corrected chi connectivity index (χ1v) is 8.68. The quantitative estimate of drug-likeness (QED) is 0.744. The van der Waals surface area contributed by atoms with Crippen molar-refractivity contribution in [2.75, 3.05) is 13.1 Å². The lowest BCUT2D eigenvalue weighted by Gasteiger charge is -2.38. The third-order valence-corrected chi connectivity index (χ3v) is 5.37. The Kier molecular flexibility index (Phi) is 5.59. The Labute approximate surface area is 153 Å². The summed E-state index contributed by atoms with van der Waals surface area (Å²) in [5.74, 6) is -1.42. The van der Waals surface area contributed by atoms with Gasteiger partial charge in [0.25, 0.3) is 0 Å².